The first-order valence-corrected chi connectivity index (χ1v) is 10.4. The van der Waals surface area contributed by atoms with Crippen LogP contribution >= 0.6 is 15.9 Å². The van der Waals surface area contributed by atoms with E-state index < -0.39 is 5.92 Å². The second-order valence-corrected chi connectivity index (χ2v) is 8.20. The number of pyridine rings is 1. The number of nitrogens with zero attached hydrogens (tertiary/aromatic N) is 2. The molecule has 0 radical (unpaired) electrons. The number of hydrogen-bond donors (Lipinski definition) is 1. The summed E-state index contributed by atoms with van der Waals surface area (Å²) in [4.78, 5) is 13.7. The van der Waals surface area contributed by atoms with Crippen molar-refractivity contribution in [2.45, 2.75) is 19.4 Å². The number of benzene rings is 2. The molecule has 4 rings (SSSR count). The zero-order valence-electron chi connectivity index (χ0n) is 17.1. The summed E-state index contributed by atoms with van der Waals surface area (Å²) in [6.07, 6.45) is 0. The van der Waals surface area contributed by atoms with Gasteiger partial charge < -0.3 is 19.8 Å². The maximum absolute atomic E-state index is 13.7. The minimum atomic E-state index is -0.600. The molecule has 2 aromatic carbocycles. The van der Waals surface area contributed by atoms with E-state index in [9.17, 15) is 10.1 Å². The first kappa shape index (κ1) is 20.8. The van der Waals surface area contributed by atoms with Gasteiger partial charge in [0.1, 0.15) is 23.1 Å². The van der Waals surface area contributed by atoms with Crippen LogP contribution in [-0.4, -0.2) is 11.7 Å². The number of allylic oxidation sites excluding steroid dienone is 1. The maximum Gasteiger partial charge on any atom is 0.259 e. The number of ether oxygens (including phenoxy) is 2. The fraction of sp³-hybridized carbons (Fsp3) is 0.167. The third kappa shape index (κ3) is 3.82. The lowest BCUT2D eigenvalue weighted by Gasteiger charge is -2.27. The molecule has 7 heteroatoms. The second-order valence-electron chi connectivity index (χ2n) is 7.28. The van der Waals surface area contributed by atoms with E-state index >= 15 is 0 Å². The highest BCUT2D eigenvalue weighted by molar-refractivity contribution is 9.10. The van der Waals surface area contributed by atoms with Gasteiger partial charge in [0.2, 0.25) is 5.88 Å². The fourth-order valence-electron chi connectivity index (χ4n) is 3.78. The number of hydrogen-bond acceptors (Lipinski definition) is 5. The van der Waals surface area contributed by atoms with Gasteiger partial charge in [-0.25, -0.2) is 0 Å². The van der Waals surface area contributed by atoms with Crippen LogP contribution in [0.25, 0.3) is 0 Å². The van der Waals surface area contributed by atoms with Crippen LogP contribution in [0.1, 0.15) is 28.3 Å². The van der Waals surface area contributed by atoms with E-state index in [0.717, 1.165) is 27.0 Å². The number of aryl methyl sites for hydroxylation is 1. The summed E-state index contributed by atoms with van der Waals surface area (Å²) in [5.74, 6) is 0.561. The molecular weight excluding hydrogens is 458 g/mol. The van der Waals surface area contributed by atoms with Crippen molar-refractivity contribution >= 4 is 15.9 Å². The summed E-state index contributed by atoms with van der Waals surface area (Å²) in [6, 6.07) is 19.0. The standard InChI is InChI=1S/C24H20BrN3O3/c1-14-11-20-22(24(29)28(14)13-15-3-9-18(30-2)10-4-15)21(19(12-26)23(27)31-20)16-5-7-17(25)8-6-16/h3-11,21H,13,27H2,1-2H3. The van der Waals surface area contributed by atoms with E-state index in [0.29, 0.717) is 17.9 Å². The molecule has 6 nitrogen and oxygen atoms in total. The third-order valence-electron chi connectivity index (χ3n) is 5.39. The van der Waals surface area contributed by atoms with Gasteiger partial charge in [-0.05, 0) is 42.3 Å². The third-order valence-corrected chi connectivity index (χ3v) is 5.92. The topological polar surface area (TPSA) is 90.3 Å². The van der Waals surface area contributed by atoms with E-state index in [4.69, 9.17) is 15.2 Å². The minimum Gasteiger partial charge on any atom is -0.497 e. The highest BCUT2D eigenvalue weighted by Gasteiger charge is 2.34. The van der Waals surface area contributed by atoms with Crippen molar-refractivity contribution in [3.8, 4) is 17.6 Å². The smallest absolute Gasteiger partial charge is 0.259 e. The van der Waals surface area contributed by atoms with Crippen LogP contribution < -0.4 is 20.8 Å². The predicted octanol–water partition coefficient (Wildman–Crippen LogP) is 4.19. The molecule has 0 bridgehead atoms. The normalized spacial score (nSPS) is 15.1. The molecule has 0 spiro atoms. The summed E-state index contributed by atoms with van der Waals surface area (Å²) in [5.41, 5.74) is 8.98. The molecule has 2 N–H and O–H groups in total. The highest BCUT2D eigenvalue weighted by Crippen LogP contribution is 2.40. The van der Waals surface area contributed by atoms with Crippen molar-refractivity contribution in [3.05, 3.63) is 103 Å². The van der Waals surface area contributed by atoms with Crippen molar-refractivity contribution in [3.63, 3.8) is 0 Å². The monoisotopic (exact) mass is 477 g/mol. The number of methoxy groups -OCH3 is 1. The number of nitriles is 1. The quantitative estimate of drug-likeness (QED) is 0.607. The van der Waals surface area contributed by atoms with Crippen molar-refractivity contribution in [1.29, 1.82) is 5.26 Å². The lowest BCUT2D eigenvalue weighted by molar-refractivity contribution is 0.389. The molecular formula is C24H20BrN3O3. The molecule has 1 atom stereocenters. The van der Waals surface area contributed by atoms with E-state index in [2.05, 4.69) is 22.0 Å². The van der Waals surface area contributed by atoms with Crippen LogP contribution in [0.5, 0.6) is 11.5 Å². The van der Waals surface area contributed by atoms with Gasteiger partial charge >= 0.3 is 0 Å². The maximum atomic E-state index is 13.7. The Balaban J connectivity index is 1.87. The average molecular weight is 478 g/mol. The number of nitrogens with two attached hydrogens (primary N) is 1. The van der Waals surface area contributed by atoms with E-state index in [1.165, 1.54) is 0 Å². The summed E-state index contributed by atoms with van der Waals surface area (Å²) < 4.78 is 13.5. The molecule has 1 aromatic heterocycles. The number of rotatable bonds is 4. The summed E-state index contributed by atoms with van der Waals surface area (Å²) in [5, 5.41) is 9.77. The van der Waals surface area contributed by atoms with Crippen LogP contribution in [0.2, 0.25) is 0 Å². The molecule has 2 heterocycles. The molecule has 1 unspecified atom stereocenters. The van der Waals surface area contributed by atoms with Crippen molar-refractivity contribution in [1.82, 2.24) is 4.57 Å². The molecule has 0 saturated heterocycles. The Morgan fingerprint density at radius 3 is 2.48 bits per heavy atom. The zero-order valence-corrected chi connectivity index (χ0v) is 18.6. The first-order chi connectivity index (χ1) is 14.9. The Kier molecular flexibility index (Phi) is 5.57. The molecule has 0 aliphatic carbocycles. The fourth-order valence-corrected chi connectivity index (χ4v) is 4.05. The molecule has 0 saturated carbocycles. The molecule has 0 amide bonds. The number of aromatic nitrogens is 1. The summed E-state index contributed by atoms with van der Waals surface area (Å²) in [7, 11) is 1.61. The lowest BCUT2D eigenvalue weighted by atomic mass is 9.84. The molecule has 156 valence electrons. The van der Waals surface area contributed by atoms with Gasteiger partial charge in [0.05, 0.1) is 25.1 Å². The van der Waals surface area contributed by atoms with Gasteiger partial charge in [0.25, 0.3) is 5.56 Å². The largest absolute Gasteiger partial charge is 0.497 e. The number of fused-ring (bicyclic) bond motifs is 1. The summed E-state index contributed by atoms with van der Waals surface area (Å²) >= 11 is 3.43. The molecule has 31 heavy (non-hydrogen) atoms. The first-order valence-electron chi connectivity index (χ1n) is 9.63. The van der Waals surface area contributed by atoms with E-state index in [-0.39, 0.29) is 17.0 Å². The Morgan fingerprint density at radius 2 is 1.87 bits per heavy atom. The van der Waals surface area contributed by atoms with E-state index in [1.54, 1.807) is 17.7 Å². The predicted molar refractivity (Wildman–Crippen MR) is 121 cm³/mol. The van der Waals surface area contributed by atoms with Gasteiger partial charge in [-0.15, -0.1) is 0 Å². The van der Waals surface area contributed by atoms with Crippen LogP contribution in [0.4, 0.5) is 0 Å². The van der Waals surface area contributed by atoms with Gasteiger partial charge in [-0.3, -0.25) is 4.79 Å². The van der Waals surface area contributed by atoms with E-state index in [1.807, 2.05) is 55.5 Å². The van der Waals surface area contributed by atoms with Gasteiger partial charge in [0, 0.05) is 16.2 Å². The van der Waals surface area contributed by atoms with Crippen molar-refractivity contribution < 1.29 is 9.47 Å². The Morgan fingerprint density at radius 1 is 1.19 bits per heavy atom. The zero-order chi connectivity index (χ0) is 22.1. The summed E-state index contributed by atoms with van der Waals surface area (Å²) in [6.45, 7) is 2.24. The van der Waals surface area contributed by atoms with Crippen LogP contribution in [0, 0.1) is 18.3 Å². The molecule has 1 aliphatic heterocycles. The van der Waals surface area contributed by atoms with Crippen LogP contribution in [0.15, 0.2) is 75.3 Å². The minimum absolute atomic E-state index is 0.0228. The van der Waals surface area contributed by atoms with Gasteiger partial charge in [-0.1, -0.05) is 40.2 Å². The number of halogens is 1. The van der Waals surface area contributed by atoms with Crippen molar-refractivity contribution in [2.24, 2.45) is 5.73 Å². The molecule has 0 fully saturated rings. The van der Waals surface area contributed by atoms with Crippen LogP contribution in [0.3, 0.4) is 0 Å². The Hall–Kier alpha value is -3.50. The van der Waals surface area contributed by atoms with Crippen LogP contribution in [-0.2, 0) is 6.54 Å². The lowest BCUT2D eigenvalue weighted by Crippen LogP contribution is -2.33. The molecule has 1 aliphatic rings. The van der Waals surface area contributed by atoms with Crippen molar-refractivity contribution in [2.75, 3.05) is 7.11 Å². The average Bonchev–Trinajstić information content (AvgIpc) is 2.77. The second kappa shape index (κ2) is 8.32. The molecule has 3 aromatic rings. The van der Waals surface area contributed by atoms with Gasteiger partial charge in [0.15, 0.2) is 0 Å². The Bertz CT molecular complexity index is 1270. The highest BCUT2D eigenvalue weighted by atomic mass is 79.9. The Labute approximate surface area is 188 Å². The van der Waals surface area contributed by atoms with Gasteiger partial charge in [-0.2, -0.15) is 5.26 Å². The SMILES string of the molecule is COc1ccc(Cn2c(C)cc3c(c2=O)C(c2ccc(Br)cc2)C(C#N)=C(N)O3)cc1.